The van der Waals surface area contributed by atoms with E-state index in [0.717, 1.165) is 6.42 Å². The smallest absolute Gasteiger partial charge is 0.00449 e. The summed E-state index contributed by atoms with van der Waals surface area (Å²) < 4.78 is 0. The molecule has 0 heterocycles. The van der Waals surface area contributed by atoms with E-state index in [-0.39, 0.29) is 0 Å². The van der Waals surface area contributed by atoms with Crippen molar-refractivity contribution in [2.45, 2.75) is 116 Å². The molecule has 0 rings (SSSR count). The van der Waals surface area contributed by atoms with Crippen molar-refractivity contribution in [2.75, 3.05) is 0 Å². The number of allylic oxidation sites excluding steroid dienone is 1. The number of rotatable bonds is 16. The summed E-state index contributed by atoms with van der Waals surface area (Å²) >= 11 is 0. The summed E-state index contributed by atoms with van der Waals surface area (Å²) in [6, 6.07) is 0.313. The van der Waals surface area contributed by atoms with Crippen LogP contribution in [-0.4, -0.2) is 6.04 Å². The minimum atomic E-state index is 0.313. The SMILES string of the molecule is CCCCCCCCCCCCCCC/C=C/C[C@H](C)N. The van der Waals surface area contributed by atoms with Gasteiger partial charge in [0.2, 0.25) is 0 Å². The van der Waals surface area contributed by atoms with Crippen molar-refractivity contribution in [1.82, 2.24) is 0 Å². The number of nitrogens with two attached hydrogens (primary N) is 1. The van der Waals surface area contributed by atoms with Crippen LogP contribution in [0.1, 0.15) is 110 Å². The topological polar surface area (TPSA) is 26.0 Å². The highest BCUT2D eigenvalue weighted by Gasteiger charge is 1.93. The molecule has 0 aliphatic carbocycles. The molecular formula is C20H41N. The van der Waals surface area contributed by atoms with Gasteiger partial charge in [-0.2, -0.15) is 0 Å². The van der Waals surface area contributed by atoms with Gasteiger partial charge in [-0.25, -0.2) is 0 Å². The van der Waals surface area contributed by atoms with E-state index in [1.165, 1.54) is 89.9 Å². The van der Waals surface area contributed by atoms with Gasteiger partial charge in [-0.3, -0.25) is 0 Å². The van der Waals surface area contributed by atoms with E-state index in [2.05, 4.69) is 26.0 Å². The summed E-state index contributed by atoms with van der Waals surface area (Å²) in [5.41, 5.74) is 5.70. The fraction of sp³-hybridized carbons (Fsp3) is 0.900. The summed E-state index contributed by atoms with van der Waals surface area (Å²) in [6.07, 6.45) is 25.5. The Hall–Kier alpha value is -0.300. The van der Waals surface area contributed by atoms with E-state index in [0.29, 0.717) is 6.04 Å². The summed E-state index contributed by atoms with van der Waals surface area (Å²) in [4.78, 5) is 0. The monoisotopic (exact) mass is 295 g/mol. The molecule has 1 heteroatoms. The fourth-order valence-corrected chi connectivity index (χ4v) is 2.71. The molecule has 0 aromatic heterocycles. The van der Waals surface area contributed by atoms with E-state index >= 15 is 0 Å². The molecule has 21 heavy (non-hydrogen) atoms. The highest BCUT2D eigenvalue weighted by Crippen LogP contribution is 2.13. The molecule has 126 valence electrons. The predicted octanol–water partition coefficient (Wildman–Crippen LogP) is 6.76. The third kappa shape index (κ3) is 19.7. The molecule has 0 aromatic carbocycles. The molecule has 1 atom stereocenters. The van der Waals surface area contributed by atoms with E-state index in [9.17, 15) is 0 Å². The second-order valence-corrected chi connectivity index (χ2v) is 6.72. The summed E-state index contributed by atoms with van der Waals surface area (Å²) in [5.74, 6) is 0. The Bertz CT molecular complexity index is 208. The van der Waals surface area contributed by atoms with E-state index < -0.39 is 0 Å². The molecule has 0 saturated heterocycles. The van der Waals surface area contributed by atoms with Crippen LogP contribution in [0.2, 0.25) is 0 Å². The van der Waals surface area contributed by atoms with E-state index in [1.54, 1.807) is 0 Å². The zero-order valence-corrected chi connectivity index (χ0v) is 14.9. The van der Waals surface area contributed by atoms with E-state index in [1.807, 2.05) is 0 Å². The minimum absolute atomic E-state index is 0.313. The molecule has 1 nitrogen and oxygen atoms in total. The van der Waals surface area contributed by atoms with Crippen LogP contribution in [0.3, 0.4) is 0 Å². The number of hydrogen-bond donors (Lipinski definition) is 1. The lowest BCUT2D eigenvalue weighted by Gasteiger charge is -2.02. The van der Waals surface area contributed by atoms with Crippen LogP contribution in [0.15, 0.2) is 12.2 Å². The van der Waals surface area contributed by atoms with Gasteiger partial charge in [-0.05, 0) is 26.2 Å². The molecule has 0 saturated carbocycles. The van der Waals surface area contributed by atoms with Crippen LogP contribution in [0.5, 0.6) is 0 Å². The first-order valence-electron chi connectivity index (χ1n) is 9.68. The average molecular weight is 296 g/mol. The molecule has 2 N–H and O–H groups in total. The first-order chi connectivity index (χ1) is 10.3. The van der Waals surface area contributed by atoms with Crippen molar-refractivity contribution < 1.29 is 0 Å². The lowest BCUT2D eigenvalue weighted by molar-refractivity contribution is 0.540. The molecule has 0 aliphatic rings. The van der Waals surface area contributed by atoms with Gasteiger partial charge in [0.15, 0.2) is 0 Å². The van der Waals surface area contributed by atoms with Crippen LogP contribution in [0.25, 0.3) is 0 Å². The summed E-state index contributed by atoms with van der Waals surface area (Å²) in [6.45, 7) is 4.35. The summed E-state index contributed by atoms with van der Waals surface area (Å²) in [5, 5.41) is 0. The van der Waals surface area contributed by atoms with Crippen molar-refractivity contribution in [3.63, 3.8) is 0 Å². The first kappa shape index (κ1) is 20.7. The highest BCUT2D eigenvalue weighted by atomic mass is 14.6. The third-order valence-electron chi connectivity index (χ3n) is 4.15. The fourth-order valence-electron chi connectivity index (χ4n) is 2.71. The molecule has 0 aliphatic heterocycles. The number of hydrogen-bond acceptors (Lipinski definition) is 1. The lowest BCUT2D eigenvalue weighted by atomic mass is 10.0. The predicted molar refractivity (Wildman–Crippen MR) is 97.7 cm³/mol. The first-order valence-corrected chi connectivity index (χ1v) is 9.68. The van der Waals surface area contributed by atoms with Gasteiger partial charge in [0.25, 0.3) is 0 Å². The zero-order valence-electron chi connectivity index (χ0n) is 14.9. The standard InChI is InChI=1S/C20H41N/c1-3-4-5-6-7-8-9-10-11-12-13-14-15-16-17-18-19-20(2)21/h17-18,20H,3-16,19,21H2,1-2H3/b18-17+/t20-/m0/s1. The van der Waals surface area contributed by atoms with Crippen molar-refractivity contribution >= 4 is 0 Å². The van der Waals surface area contributed by atoms with Gasteiger partial charge in [0.05, 0.1) is 0 Å². The average Bonchev–Trinajstić information content (AvgIpc) is 2.46. The van der Waals surface area contributed by atoms with Crippen molar-refractivity contribution in [1.29, 1.82) is 0 Å². The maximum Gasteiger partial charge on any atom is 0.00449 e. The quantitative estimate of drug-likeness (QED) is 0.247. The van der Waals surface area contributed by atoms with Gasteiger partial charge < -0.3 is 5.73 Å². The third-order valence-corrected chi connectivity index (χ3v) is 4.15. The van der Waals surface area contributed by atoms with E-state index in [4.69, 9.17) is 5.73 Å². The van der Waals surface area contributed by atoms with Crippen LogP contribution >= 0.6 is 0 Å². The summed E-state index contributed by atoms with van der Waals surface area (Å²) in [7, 11) is 0. The Balaban J connectivity index is 3.01. The molecule has 0 amide bonds. The van der Waals surface area contributed by atoms with Gasteiger partial charge in [-0.15, -0.1) is 0 Å². The lowest BCUT2D eigenvalue weighted by Crippen LogP contribution is -2.12. The Labute approximate surface area is 134 Å². The second-order valence-electron chi connectivity index (χ2n) is 6.72. The normalized spacial score (nSPS) is 13.1. The van der Waals surface area contributed by atoms with Crippen LogP contribution in [0.4, 0.5) is 0 Å². The van der Waals surface area contributed by atoms with Crippen LogP contribution in [0, 0.1) is 0 Å². The van der Waals surface area contributed by atoms with Crippen LogP contribution < -0.4 is 5.73 Å². The number of unbranched alkanes of at least 4 members (excludes halogenated alkanes) is 13. The molecule has 0 fully saturated rings. The van der Waals surface area contributed by atoms with Crippen molar-refractivity contribution in [3.05, 3.63) is 12.2 Å². The maximum atomic E-state index is 5.70. The van der Waals surface area contributed by atoms with Gasteiger partial charge in [0.1, 0.15) is 0 Å². The largest absolute Gasteiger partial charge is 0.328 e. The van der Waals surface area contributed by atoms with Gasteiger partial charge in [-0.1, -0.05) is 96.1 Å². The molecule has 0 spiro atoms. The maximum absolute atomic E-state index is 5.70. The Morgan fingerprint density at radius 3 is 1.52 bits per heavy atom. The van der Waals surface area contributed by atoms with Gasteiger partial charge >= 0.3 is 0 Å². The Morgan fingerprint density at radius 2 is 1.10 bits per heavy atom. The zero-order chi connectivity index (χ0) is 15.6. The molecule has 0 unspecified atom stereocenters. The second kappa shape index (κ2) is 17.8. The molecule has 0 bridgehead atoms. The van der Waals surface area contributed by atoms with Gasteiger partial charge in [0, 0.05) is 6.04 Å². The Morgan fingerprint density at radius 1 is 0.667 bits per heavy atom. The van der Waals surface area contributed by atoms with Crippen molar-refractivity contribution in [2.24, 2.45) is 5.73 Å². The molecule has 0 aromatic rings. The van der Waals surface area contributed by atoms with Crippen LogP contribution in [-0.2, 0) is 0 Å². The highest BCUT2D eigenvalue weighted by molar-refractivity contribution is 4.83. The molecular weight excluding hydrogens is 254 g/mol. The van der Waals surface area contributed by atoms with Crippen molar-refractivity contribution in [3.8, 4) is 0 Å². The molecule has 0 radical (unpaired) electrons. The minimum Gasteiger partial charge on any atom is -0.328 e. The Kier molecular flexibility index (Phi) is 17.5.